The summed E-state index contributed by atoms with van der Waals surface area (Å²) >= 11 is 0. The van der Waals surface area contributed by atoms with Gasteiger partial charge in [0, 0.05) is 44.4 Å². The zero-order valence-corrected chi connectivity index (χ0v) is 16.7. The Morgan fingerprint density at radius 3 is 2.73 bits per heavy atom. The minimum Gasteiger partial charge on any atom is -0.351 e. The highest BCUT2D eigenvalue weighted by molar-refractivity contribution is 5.99. The molecule has 1 N–H and O–H groups in total. The standard InChI is InChI=1S/C22H21F2N5O/c1-3-29-19-7-5-4-6-18(19)26-20(29)10-11-25-22(30)16-13-28(2)27-21(16)15-9-8-14(23)12-17(15)24/h4-9,12-13H,3,10-11H2,1-2H3,(H,25,30). The van der Waals surface area contributed by atoms with Crippen LogP contribution in [0.2, 0.25) is 0 Å². The minimum absolute atomic E-state index is 0.0786. The van der Waals surface area contributed by atoms with Gasteiger partial charge in [0.15, 0.2) is 0 Å². The molecule has 8 heteroatoms. The molecule has 4 aromatic rings. The fourth-order valence-electron chi connectivity index (χ4n) is 3.59. The number of rotatable bonds is 6. The van der Waals surface area contributed by atoms with Gasteiger partial charge in [-0.3, -0.25) is 9.48 Å². The van der Waals surface area contributed by atoms with E-state index in [0.29, 0.717) is 13.0 Å². The van der Waals surface area contributed by atoms with Crippen molar-refractivity contribution in [3.8, 4) is 11.3 Å². The number of nitrogens with zero attached hydrogens (tertiary/aromatic N) is 4. The van der Waals surface area contributed by atoms with E-state index in [4.69, 9.17) is 0 Å². The number of para-hydroxylation sites is 2. The lowest BCUT2D eigenvalue weighted by molar-refractivity contribution is 0.0954. The maximum atomic E-state index is 14.2. The Morgan fingerprint density at radius 1 is 1.17 bits per heavy atom. The number of aryl methyl sites for hydroxylation is 2. The van der Waals surface area contributed by atoms with Gasteiger partial charge >= 0.3 is 0 Å². The number of aromatic nitrogens is 4. The molecule has 0 aliphatic carbocycles. The number of imidazole rings is 1. The summed E-state index contributed by atoms with van der Waals surface area (Å²) in [6, 6.07) is 11.1. The van der Waals surface area contributed by atoms with Crippen molar-refractivity contribution < 1.29 is 13.6 Å². The number of carbonyl (C=O) groups excluding carboxylic acids is 1. The Morgan fingerprint density at radius 2 is 1.97 bits per heavy atom. The van der Waals surface area contributed by atoms with Gasteiger partial charge in [0.1, 0.15) is 23.2 Å². The van der Waals surface area contributed by atoms with Crippen molar-refractivity contribution in [1.29, 1.82) is 0 Å². The summed E-state index contributed by atoms with van der Waals surface area (Å²) < 4.78 is 31.0. The van der Waals surface area contributed by atoms with E-state index in [-0.39, 0.29) is 22.7 Å². The molecule has 6 nitrogen and oxygen atoms in total. The molecule has 154 valence electrons. The molecule has 4 rings (SSSR count). The highest BCUT2D eigenvalue weighted by atomic mass is 19.1. The van der Waals surface area contributed by atoms with E-state index in [9.17, 15) is 13.6 Å². The molecule has 2 aromatic heterocycles. The summed E-state index contributed by atoms with van der Waals surface area (Å²) in [6.45, 7) is 3.19. The molecule has 0 fully saturated rings. The van der Waals surface area contributed by atoms with Gasteiger partial charge in [0.2, 0.25) is 0 Å². The van der Waals surface area contributed by atoms with Crippen molar-refractivity contribution in [2.75, 3.05) is 6.54 Å². The van der Waals surface area contributed by atoms with Crippen LogP contribution in [-0.2, 0) is 20.0 Å². The van der Waals surface area contributed by atoms with Gasteiger partial charge in [-0.2, -0.15) is 5.10 Å². The fourth-order valence-corrected chi connectivity index (χ4v) is 3.59. The third kappa shape index (κ3) is 3.68. The van der Waals surface area contributed by atoms with Crippen LogP contribution >= 0.6 is 0 Å². The van der Waals surface area contributed by atoms with Crippen molar-refractivity contribution in [2.45, 2.75) is 19.9 Å². The Hall–Kier alpha value is -3.55. The number of fused-ring (bicyclic) bond motifs is 1. The Bertz CT molecular complexity index is 1230. The molecule has 0 radical (unpaired) electrons. The summed E-state index contributed by atoms with van der Waals surface area (Å²) in [4.78, 5) is 17.4. The van der Waals surface area contributed by atoms with Crippen molar-refractivity contribution >= 4 is 16.9 Å². The van der Waals surface area contributed by atoms with Gasteiger partial charge in [0.05, 0.1) is 16.6 Å². The molecule has 0 atom stereocenters. The maximum absolute atomic E-state index is 14.2. The van der Waals surface area contributed by atoms with E-state index in [1.807, 2.05) is 24.3 Å². The molecule has 1 amide bonds. The zero-order valence-electron chi connectivity index (χ0n) is 16.7. The largest absolute Gasteiger partial charge is 0.351 e. The number of amides is 1. The maximum Gasteiger partial charge on any atom is 0.255 e. The molecular weight excluding hydrogens is 388 g/mol. The van der Waals surface area contributed by atoms with Crippen LogP contribution in [0.25, 0.3) is 22.3 Å². The van der Waals surface area contributed by atoms with Gasteiger partial charge in [-0.15, -0.1) is 0 Å². The Balaban J connectivity index is 1.52. The molecule has 2 aromatic carbocycles. The first kappa shape index (κ1) is 19.8. The Kier molecular flexibility index (Phi) is 5.31. The number of carbonyl (C=O) groups is 1. The smallest absolute Gasteiger partial charge is 0.255 e. The number of halogens is 2. The van der Waals surface area contributed by atoms with Crippen LogP contribution in [0.5, 0.6) is 0 Å². The third-order valence-electron chi connectivity index (χ3n) is 4.94. The summed E-state index contributed by atoms with van der Waals surface area (Å²) in [5, 5.41) is 7.05. The molecule has 0 aliphatic heterocycles. The van der Waals surface area contributed by atoms with Crippen molar-refractivity contribution in [3.63, 3.8) is 0 Å². The number of hydrogen-bond acceptors (Lipinski definition) is 3. The molecular formula is C22H21F2N5O. The molecule has 0 spiro atoms. The molecule has 0 saturated carbocycles. The van der Waals surface area contributed by atoms with Crippen LogP contribution in [0.1, 0.15) is 23.1 Å². The van der Waals surface area contributed by atoms with E-state index in [2.05, 4.69) is 26.9 Å². The molecule has 0 bridgehead atoms. The quantitative estimate of drug-likeness (QED) is 0.528. The lowest BCUT2D eigenvalue weighted by Gasteiger charge is -2.08. The molecule has 2 heterocycles. The zero-order chi connectivity index (χ0) is 21.3. The second-order valence-electron chi connectivity index (χ2n) is 6.96. The van der Waals surface area contributed by atoms with E-state index in [0.717, 1.165) is 35.5 Å². The first-order chi connectivity index (χ1) is 14.5. The average molecular weight is 409 g/mol. The summed E-state index contributed by atoms with van der Waals surface area (Å²) in [5.74, 6) is -0.938. The first-order valence-electron chi connectivity index (χ1n) is 9.69. The fraction of sp³-hybridized carbons (Fsp3) is 0.227. The van der Waals surface area contributed by atoms with Crippen LogP contribution < -0.4 is 5.32 Å². The monoisotopic (exact) mass is 409 g/mol. The number of hydrogen-bond donors (Lipinski definition) is 1. The van der Waals surface area contributed by atoms with Crippen LogP contribution in [0.3, 0.4) is 0 Å². The topological polar surface area (TPSA) is 64.7 Å². The predicted octanol–water partition coefficient (Wildman–Crippen LogP) is 3.71. The summed E-state index contributed by atoms with van der Waals surface area (Å²) in [5.41, 5.74) is 2.46. The Labute approximate surface area is 172 Å². The predicted molar refractivity (Wildman–Crippen MR) is 110 cm³/mol. The lowest BCUT2D eigenvalue weighted by Crippen LogP contribution is -2.26. The van der Waals surface area contributed by atoms with Crippen LogP contribution in [0.4, 0.5) is 8.78 Å². The second-order valence-corrected chi connectivity index (χ2v) is 6.96. The van der Waals surface area contributed by atoms with Crippen molar-refractivity contribution in [3.05, 3.63) is 71.7 Å². The molecule has 30 heavy (non-hydrogen) atoms. The molecule has 0 unspecified atom stereocenters. The summed E-state index contributed by atoms with van der Waals surface area (Å²) in [7, 11) is 1.64. The molecule has 0 aliphatic rings. The van der Waals surface area contributed by atoms with Crippen molar-refractivity contribution in [1.82, 2.24) is 24.6 Å². The van der Waals surface area contributed by atoms with E-state index < -0.39 is 11.6 Å². The third-order valence-corrected chi connectivity index (χ3v) is 4.94. The molecule has 0 saturated heterocycles. The second kappa shape index (κ2) is 8.06. The van der Waals surface area contributed by atoms with E-state index in [1.165, 1.54) is 16.9 Å². The normalized spacial score (nSPS) is 11.2. The van der Waals surface area contributed by atoms with Crippen LogP contribution in [0, 0.1) is 11.6 Å². The van der Waals surface area contributed by atoms with Crippen LogP contribution in [0.15, 0.2) is 48.7 Å². The van der Waals surface area contributed by atoms with Crippen LogP contribution in [-0.4, -0.2) is 31.8 Å². The van der Waals surface area contributed by atoms with Gasteiger partial charge < -0.3 is 9.88 Å². The van der Waals surface area contributed by atoms with E-state index >= 15 is 0 Å². The minimum atomic E-state index is -0.764. The first-order valence-corrected chi connectivity index (χ1v) is 9.69. The van der Waals surface area contributed by atoms with Gasteiger partial charge in [-0.05, 0) is 31.2 Å². The average Bonchev–Trinajstić information content (AvgIpc) is 3.27. The number of nitrogens with one attached hydrogen (secondary N) is 1. The van der Waals surface area contributed by atoms with Gasteiger partial charge in [0.25, 0.3) is 5.91 Å². The van der Waals surface area contributed by atoms with Gasteiger partial charge in [-0.1, -0.05) is 12.1 Å². The number of benzene rings is 2. The van der Waals surface area contributed by atoms with Crippen molar-refractivity contribution in [2.24, 2.45) is 7.05 Å². The van der Waals surface area contributed by atoms with E-state index in [1.54, 1.807) is 7.05 Å². The summed E-state index contributed by atoms with van der Waals surface area (Å²) in [6.07, 6.45) is 2.07. The van der Waals surface area contributed by atoms with Gasteiger partial charge in [-0.25, -0.2) is 13.8 Å². The highest BCUT2D eigenvalue weighted by Gasteiger charge is 2.20. The SMILES string of the molecule is CCn1c(CCNC(=O)c2cn(C)nc2-c2ccc(F)cc2F)nc2ccccc21. The lowest BCUT2D eigenvalue weighted by atomic mass is 10.1. The highest BCUT2D eigenvalue weighted by Crippen LogP contribution is 2.25.